The molecule has 2 heterocycles. The van der Waals surface area contributed by atoms with E-state index in [4.69, 9.17) is 0 Å². The largest absolute Gasteiger partial charge is 0.357 e. The fourth-order valence-electron chi connectivity index (χ4n) is 2.29. The summed E-state index contributed by atoms with van der Waals surface area (Å²) in [5, 5.41) is 0. The van der Waals surface area contributed by atoms with Gasteiger partial charge in [-0.25, -0.2) is 0 Å². The first-order chi connectivity index (χ1) is 6.61. The predicted molar refractivity (Wildman–Crippen MR) is 57.5 cm³/mol. The maximum absolute atomic E-state index is 2.35. The van der Waals surface area contributed by atoms with Crippen LogP contribution in [0.25, 0.3) is 0 Å². The molecule has 0 aliphatic carbocycles. The van der Waals surface area contributed by atoms with Crippen LogP contribution in [-0.2, 0) is 0 Å². The molecule has 0 N–H and O–H groups in total. The summed E-state index contributed by atoms with van der Waals surface area (Å²) in [5.74, 6) is 2.74. The van der Waals surface area contributed by atoms with Crippen molar-refractivity contribution in [3.05, 3.63) is 11.6 Å². The Balaban J connectivity index is 2.40. The molecule has 2 aliphatic heterocycles. The van der Waals surface area contributed by atoms with Crippen molar-refractivity contribution in [3.8, 4) is 0 Å². The molecule has 0 spiro atoms. The van der Waals surface area contributed by atoms with Crippen LogP contribution in [0.15, 0.2) is 11.6 Å². The van der Waals surface area contributed by atoms with Crippen molar-refractivity contribution in [2.24, 2.45) is 0 Å². The summed E-state index contributed by atoms with van der Waals surface area (Å²) in [4.78, 5) is 9.41. The summed E-state index contributed by atoms with van der Waals surface area (Å²) in [6.07, 6.45) is 0. The van der Waals surface area contributed by atoms with Gasteiger partial charge in [0.2, 0.25) is 0 Å². The lowest BCUT2D eigenvalue weighted by Crippen LogP contribution is -2.52. The molecule has 4 heteroatoms. The smallest absolute Gasteiger partial charge is 0.145 e. The van der Waals surface area contributed by atoms with Gasteiger partial charge in [-0.3, -0.25) is 0 Å². The van der Waals surface area contributed by atoms with Gasteiger partial charge in [0, 0.05) is 54.4 Å². The summed E-state index contributed by atoms with van der Waals surface area (Å²) < 4.78 is 0. The normalized spacial score (nSPS) is 23.1. The van der Waals surface area contributed by atoms with Crippen LogP contribution in [0.3, 0.4) is 0 Å². The van der Waals surface area contributed by atoms with E-state index in [1.165, 1.54) is 11.6 Å². The van der Waals surface area contributed by atoms with E-state index >= 15 is 0 Å². The molecule has 0 saturated heterocycles. The summed E-state index contributed by atoms with van der Waals surface area (Å²) in [7, 11) is 8.71. The monoisotopic (exact) mass is 196 g/mol. The minimum Gasteiger partial charge on any atom is -0.357 e. The van der Waals surface area contributed by atoms with Crippen LogP contribution in [0.4, 0.5) is 0 Å². The minimum absolute atomic E-state index is 1.12. The summed E-state index contributed by atoms with van der Waals surface area (Å²) in [6, 6.07) is 0. The zero-order valence-corrected chi connectivity index (χ0v) is 9.62. The van der Waals surface area contributed by atoms with Gasteiger partial charge in [-0.05, 0) is 0 Å². The van der Waals surface area contributed by atoms with Crippen LogP contribution in [0.2, 0.25) is 0 Å². The molecule has 2 rings (SSSR count). The van der Waals surface area contributed by atoms with Crippen LogP contribution >= 0.6 is 0 Å². The molecule has 0 amide bonds. The molecule has 0 saturated carbocycles. The Hall–Kier alpha value is -1.06. The third-order valence-electron chi connectivity index (χ3n) is 3.19. The molecule has 0 aromatic carbocycles. The standard InChI is InChI=1S/C10H20N4/c1-11-5-6-13(3)10-9(11)12(2)7-8-14(10)4/h5-8H2,1-4H3. The van der Waals surface area contributed by atoms with Gasteiger partial charge in [0.1, 0.15) is 11.6 Å². The van der Waals surface area contributed by atoms with Crippen molar-refractivity contribution in [1.29, 1.82) is 0 Å². The molecule has 0 aromatic rings. The van der Waals surface area contributed by atoms with Gasteiger partial charge in [0.25, 0.3) is 0 Å². The van der Waals surface area contributed by atoms with Crippen molar-refractivity contribution < 1.29 is 0 Å². The second kappa shape index (κ2) is 3.26. The van der Waals surface area contributed by atoms with Crippen LogP contribution in [0, 0.1) is 0 Å². The highest BCUT2D eigenvalue weighted by atomic mass is 15.5. The summed E-state index contributed by atoms with van der Waals surface area (Å²) >= 11 is 0. The van der Waals surface area contributed by atoms with Crippen molar-refractivity contribution in [3.63, 3.8) is 0 Å². The van der Waals surface area contributed by atoms with Crippen LogP contribution in [0.1, 0.15) is 0 Å². The fourth-order valence-corrected chi connectivity index (χ4v) is 2.29. The molecule has 0 radical (unpaired) electrons. The number of hydrogen-bond donors (Lipinski definition) is 0. The number of nitrogens with zero attached hydrogens (tertiary/aromatic N) is 4. The van der Waals surface area contributed by atoms with Crippen LogP contribution in [-0.4, -0.2) is 74.0 Å². The van der Waals surface area contributed by atoms with Crippen LogP contribution in [0.5, 0.6) is 0 Å². The molecular formula is C10H20N4. The van der Waals surface area contributed by atoms with Gasteiger partial charge in [-0.1, -0.05) is 0 Å². The first-order valence-electron chi connectivity index (χ1n) is 5.20. The summed E-state index contributed by atoms with van der Waals surface area (Å²) in [6.45, 7) is 4.47. The Bertz CT molecular complexity index is 211. The second-order valence-electron chi connectivity index (χ2n) is 4.33. The Morgan fingerprint density at radius 3 is 1.00 bits per heavy atom. The van der Waals surface area contributed by atoms with E-state index in [9.17, 15) is 0 Å². The zero-order valence-electron chi connectivity index (χ0n) is 9.62. The maximum Gasteiger partial charge on any atom is 0.145 e. The fraction of sp³-hybridized carbons (Fsp3) is 0.800. The Morgan fingerprint density at radius 1 is 0.571 bits per heavy atom. The molecule has 0 bridgehead atoms. The van der Waals surface area contributed by atoms with E-state index in [0.717, 1.165) is 26.2 Å². The topological polar surface area (TPSA) is 13.0 Å². The predicted octanol–water partition coefficient (Wildman–Crippen LogP) is -0.133. The SMILES string of the molecule is CN1CCN(C)C2=C1N(C)CCN2C. The summed E-state index contributed by atoms with van der Waals surface area (Å²) in [5.41, 5.74) is 0. The molecule has 0 aromatic heterocycles. The zero-order chi connectivity index (χ0) is 10.3. The van der Waals surface area contributed by atoms with Crippen molar-refractivity contribution >= 4 is 0 Å². The van der Waals surface area contributed by atoms with Gasteiger partial charge in [0.15, 0.2) is 0 Å². The number of rotatable bonds is 0. The maximum atomic E-state index is 2.35. The average Bonchev–Trinajstić information content (AvgIpc) is 2.16. The van der Waals surface area contributed by atoms with Gasteiger partial charge >= 0.3 is 0 Å². The van der Waals surface area contributed by atoms with Crippen LogP contribution < -0.4 is 0 Å². The average molecular weight is 196 g/mol. The van der Waals surface area contributed by atoms with E-state index < -0.39 is 0 Å². The highest BCUT2D eigenvalue weighted by Gasteiger charge is 2.29. The third kappa shape index (κ3) is 1.29. The van der Waals surface area contributed by atoms with Gasteiger partial charge in [-0.2, -0.15) is 0 Å². The molecule has 0 unspecified atom stereocenters. The van der Waals surface area contributed by atoms with E-state index in [1.54, 1.807) is 0 Å². The number of hydrogen-bond acceptors (Lipinski definition) is 4. The molecule has 4 nitrogen and oxygen atoms in total. The highest BCUT2D eigenvalue weighted by Crippen LogP contribution is 2.25. The van der Waals surface area contributed by atoms with Crippen molar-refractivity contribution in [2.45, 2.75) is 0 Å². The molecular weight excluding hydrogens is 176 g/mol. The Labute approximate surface area is 86.4 Å². The first-order valence-corrected chi connectivity index (χ1v) is 5.20. The van der Waals surface area contributed by atoms with Gasteiger partial charge < -0.3 is 19.6 Å². The lowest BCUT2D eigenvalue weighted by atomic mass is 10.2. The minimum atomic E-state index is 1.12. The number of likely N-dealkylation sites (N-methyl/N-ethyl adjacent to an activating group) is 4. The van der Waals surface area contributed by atoms with Crippen molar-refractivity contribution in [2.75, 3.05) is 54.4 Å². The van der Waals surface area contributed by atoms with E-state index in [1.807, 2.05) is 0 Å². The quantitative estimate of drug-likeness (QED) is 0.535. The Kier molecular flexibility index (Phi) is 2.21. The lowest BCUT2D eigenvalue weighted by Gasteiger charge is -2.47. The molecule has 2 aliphatic rings. The van der Waals surface area contributed by atoms with E-state index in [2.05, 4.69) is 47.8 Å². The van der Waals surface area contributed by atoms with Crippen molar-refractivity contribution in [1.82, 2.24) is 19.6 Å². The molecule has 80 valence electrons. The third-order valence-corrected chi connectivity index (χ3v) is 3.19. The molecule has 0 fully saturated rings. The second-order valence-corrected chi connectivity index (χ2v) is 4.33. The molecule has 0 atom stereocenters. The highest BCUT2D eigenvalue weighted by molar-refractivity contribution is 5.15. The van der Waals surface area contributed by atoms with Gasteiger partial charge in [0.05, 0.1) is 0 Å². The molecule has 14 heavy (non-hydrogen) atoms. The van der Waals surface area contributed by atoms with Gasteiger partial charge in [-0.15, -0.1) is 0 Å². The Morgan fingerprint density at radius 2 is 0.786 bits per heavy atom. The van der Waals surface area contributed by atoms with E-state index in [-0.39, 0.29) is 0 Å². The van der Waals surface area contributed by atoms with E-state index in [0.29, 0.717) is 0 Å². The first kappa shape index (κ1) is 9.49. The lowest BCUT2D eigenvalue weighted by molar-refractivity contribution is 0.111.